The number of hydrogen-bond acceptors (Lipinski definition) is 5. The molecule has 0 unspecified atom stereocenters. The van der Waals surface area contributed by atoms with Crippen LogP contribution in [0.15, 0.2) is 48.4 Å². The van der Waals surface area contributed by atoms with Crippen LogP contribution in [0.5, 0.6) is 0 Å². The largest absolute Gasteiger partial charge is 0.512 e. The van der Waals surface area contributed by atoms with Crippen molar-refractivity contribution in [3.63, 3.8) is 0 Å². The van der Waals surface area contributed by atoms with E-state index in [2.05, 4.69) is 58.9 Å². The molecule has 0 saturated carbocycles. The van der Waals surface area contributed by atoms with Crippen LogP contribution in [0.1, 0.15) is 74.0 Å². The first-order valence-corrected chi connectivity index (χ1v) is 12.0. The molecular weight excluding hydrogens is 426 g/mol. The number of carbonyl (C=O) groups excluding carboxylic acids is 1. The maximum atomic E-state index is 12.3. The number of fused-ring (bicyclic) bond motifs is 1. The molecule has 1 aliphatic heterocycles. The lowest BCUT2D eigenvalue weighted by molar-refractivity contribution is -0.129. The molecule has 0 atom stereocenters. The van der Waals surface area contributed by atoms with E-state index < -0.39 is 5.41 Å². The summed E-state index contributed by atoms with van der Waals surface area (Å²) in [7, 11) is 0. The Labute approximate surface area is 201 Å². The van der Waals surface area contributed by atoms with E-state index in [4.69, 9.17) is 14.5 Å². The van der Waals surface area contributed by atoms with Crippen LogP contribution in [0.4, 0.5) is 0 Å². The van der Waals surface area contributed by atoms with Crippen molar-refractivity contribution in [2.45, 2.75) is 63.7 Å². The molecule has 2 aliphatic carbocycles. The summed E-state index contributed by atoms with van der Waals surface area (Å²) in [4.78, 5) is 17.1. The number of nitrogens with zero attached hydrogens (tertiary/aromatic N) is 1. The molecule has 1 N–H and O–H groups in total. The highest BCUT2D eigenvalue weighted by molar-refractivity contribution is 6.23. The topological polar surface area (TPSA) is 68.7 Å². The fourth-order valence-electron chi connectivity index (χ4n) is 5.65. The van der Waals surface area contributed by atoms with Crippen LogP contribution in [-0.2, 0) is 30.5 Å². The van der Waals surface area contributed by atoms with Crippen molar-refractivity contribution in [1.29, 1.82) is 0 Å². The number of Topliss-reactive ketones (excluding diaryl/α,β-unsaturated/α-hetero) is 1. The zero-order valence-electron chi connectivity index (χ0n) is 20.7. The number of benzene rings is 1. The predicted molar refractivity (Wildman–Crippen MR) is 132 cm³/mol. The average Bonchev–Trinajstić information content (AvgIpc) is 3.15. The first kappa shape index (κ1) is 23.0. The molecule has 1 aromatic carbocycles. The lowest BCUT2D eigenvalue weighted by Crippen LogP contribution is -2.44. The Hall–Kier alpha value is -2.76. The minimum Gasteiger partial charge on any atom is -0.512 e. The number of ether oxygens (including phenoxy) is 2. The minimum absolute atomic E-state index is 0.0328. The van der Waals surface area contributed by atoms with Crippen LogP contribution in [0.3, 0.4) is 0 Å². The Morgan fingerprint density at radius 1 is 0.912 bits per heavy atom. The number of allylic oxidation sites excluding steroid dienone is 4. The monoisotopic (exact) mass is 459 g/mol. The second kappa shape index (κ2) is 7.89. The number of pyridine rings is 1. The lowest BCUT2D eigenvalue weighted by Gasteiger charge is -2.42. The van der Waals surface area contributed by atoms with Gasteiger partial charge in [-0.1, -0.05) is 58.0 Å². The van der Waals surface area contributed by atoms with E-state index in [9.17, 15) is 9.90 Å². The Bertz CT molecular complexity index is 1210. The van der Waals surface area contributed by atoms with E-state index in [1.54, 1.807) is 6.20 Å². The van der Waals surface area contributed by atoms with Crippen molar-refractivity contribution in [1.82, 2.24) is 4.98 Å². The van der Waals surface area contributed by atoms with Gasteiger partial charge in [0.15, 0.2) is 5.78 Å². The number of rotatable bonds is 3. The third-order valence-electron chi connectivity index (χ3n) is 7.75. The maximum Gasteiger partial charge on any atom is 0.167 e. The summed E-state index contributed by atoms with van der Waals surface area (Å²) in [6, 6.07) is 8.49. The maximum absolute atomic E-state index is 12.3. The predicted octanol–water partition coefficient (Wildman–Crippen LogP) is 5.44. The van der Waals surface area contributed by atoms with Gasteiger partial charge in [0.2, 0.25) is 0 Å². The molecule has 0 bridgehead atoms. The minimum atomic E-state index is -0.562. The average molecular weight is 460 g/mol. The van der Waals surface area contributed by atoms with E-state index in [1.807, 2.05) is 12.1 Å². The zero-order chi connectivity index (χ0) is 24.3. The quantitative estimate of drug-likeness (QED) is 0.619. The van der Waals surface area contributed by atoms with Crippen molar-refractivity contribution in [2.75, 3.05) is 20.0 Å². The molecule has 3 aliphatic rings. The zero-order valence-corrected chi connectivity index (χ0v) is 20.7. The lowest BCUT2D eigenvalue weighted by atomic mass is 9.65. The number of carbonyl (C=O) groups is 1. The van der Waals surface area contributed by atoms with E-state index in [0.717, 1.165) is 11.3 Å². The summed E-state index contributed by atoms with van der Waals surface area (Å²) in [5.41, 5.74) is 6.21. The molecule has 1 saturated heterocycles. The van der Waals surface area contributed by atoms with Gasteiger partial charge >= 0.3 is 0 Å². The van der Waals surface area contributed by atoms with Crippen LogP contribution in [-0.4, -0.2) is 35.9 Å². The molecule has 0 amide bonds. The summed E-state index contributed by atoms with van der Waals surface area (Å²) in [6.07, 6.45) is 7.07. The van der Waals surface area contributed by atoms with E-state index in [1.165, 1.54) is 16.7 Å². The smallest absolute Gasteiger partial charge is 0.167 e. The highest BCUT2D eigenvalue weighted by Crippen LogP contribution is 2.45. The van der Waals surface area contributed by atoms with Gasteiger partial charge in [-0.2, -0.15) is 0 Å². The number of hydrogen-bond donors (Lipinski definition) is 1. The Morgan fingerprint density at radius 2 is 1.56 bits per heavy atom. The first-order chi connectivity index (χ1) is 16.1. The standard InChI is InChI=1S/C29H33NO4/c1-18-12-21-22(28(4,5)11-10-27(21,2)3)13-20(18)29(15-33-17-34-16-29)25-9-6-19(14-30-25)26-23(31)7-8-24(26)32/h6,9-14,31H,7-8,15-17H2,1-5H3. The van der Waals surface area contributed by atoms with Crippen molar-refractivity contribution >= 4 is 11.4 Å². The first-order valence-electron chi connectivity index (χ1n) is 12.0. The fraction of sp³-hybridized carbons (Fsp3) is 0.448. The van der Waals surface area contributed by atoms with Gasteiger partial charge in [-0.05, 0) is 35.2 Å². The van der Waals surface area contributed by atoms with Gasteiger partial charge in [-0.15, -0.1) is 0 Å². The van der Waals surface area contributed by atoms with E-state index in [-0.39, 0.29) is 29.2 Å². The van der Waals surface area contributed by atoms with Gasteiger partial charge in [0.1, 0.15) is 12.6 Å². The second-order valence-corrected chi connectivity index (χ2v) is 11.1. The van der Waals surface area contributed by atoms with E-state index in [0.29, 0.717) is 37.2 Å². The number of aromatic nitrogens is 1. The van der Waals surface area contributed by atoms with Crippen LogP contribution in [0, 0.1) is 6.92 Å². The van der Waals surface area contributed by atoms with E-state index >= 15 is 0 Å². The second-order valence-electron chi connectivity index (χ2n) is 11.1. The SMILES string of the molecule is Cc1cc2c(cc1C1(c3ccc(C4=C(O)CCC4=O)cn3)COCOC1)C(C)(C)C=CC2(C)C. The number of aryl methyl sites for hydroxylation is 1. The summed E-state index contributed by atoms with van der Waals surface area (Å²) < 4.78 is 11.7. The van der Waals surface area contributed by atoms with Crippen molar-refractivity contribution in [3.05, 3.63) is 81.9 Å². The van der Waals surface area contributed by atoms with Gasteiger partial charge in [-0.3, -0.25) is 9.78 Å². The number of aliphatic hydroxyl groups excluding tert-OH is 1. The third-order valence-corrected chi connectivity index (χ3v) is 7.75. The van der Waals surface area contributed by atoms with Crippen LogP contribution in [0.25, 0.3) is 5.57 Å². The summed E-state index contributed by atoms with van der Waals surface area (Å²) in [6.45, 7) is 12.4. The van der Waals surface area contributed by atoms with Crippen molar-refractivity contribution in [3.8, 4) is 0 Å². The molecule has 5 rings (SSSR count). The Morgan fingerprint density at radius 3 is 2.12 bits per heavy atom. The summed E-state index contributed by atoms with van der Waals surface area (Å²) >= 11 is 0. The van der Waals surface area contributed by atoms with Crippen LogP contribution in [0.2, 0.25) is 0 Å². The molecule has 5 heteroatoms. The van der Waals surface area contributed by atoms with Gasteiger partial charge in [0.05, 0.1) is 29.9 Å². The Kier molecular flexibility index (Phi) is 5.34. The highest BCUT2D eigenvalue weighted by Gasteiger charge is 2.43. The molecule has 1 aromatic heterocycles. The molecule has 5 nitrogen and oxygen atoms in total. The van der Waals surface area contributed by atoms with Gasteiger partial charge < -0.3 is 14.6 Å². The highest BCUT2D eigenvalue weighted by atomic mass is 16.7. The Balaban J connectivity index is 1.65. The normalized spacial score (nSPS) is 22.7. The summed E-state index contributed by atoms with van der Waals surface area (Å²) in [5.74, 6) is 0.122. The molecule has 2 aromatic rings. The molecule has 2 heterocycles. The van der Waals surface area contributed by atoms with Crippen molar-refractivity contribution in [2.24, 2.45) is 0 Å². The fourth-order valence-corrected chi connectivity index (χ4v) is 5.65. The number of ketones is 1. The van der Waals surface area contributed by atoms with Crippen molar-refractivity contribution < 1.29 is 19.4 Å². The van der Waals surface area contributed by atoms with Gasteiger partial charge in [0.25, 0.3) is 0 Å². The molecule has 1 fully saturated rings. The van der Waals surface area contributed by atoms with Crippen LogP contribution < -0.4 is 0 Å². The molecule has 0 radical (unpaired) electrons. The third kappa shape index (κ3) is 3.53. The summed E-state index contributed by atoms with van der Waals surface area (Å²) in [5, 5.41) is 10.2. The molecule has 0 spiro atoms. The van der Waals surface area contributed by atoms with Gasteiger partial charge in [0, 0.05) is 35.4 Å². The van der Waals surface area contributed by atoms with Crippen LogP contribution >= 0.6 is 0 Å². The number of aliphatic hydroxyl groups is 1. The molecular formula is C29H33NO4. The molecule has 34 heavy (non-hydrogen) atoms. The van der Waals surface area contributed by atoms with Gasteiger partial charge in [-0.25, -0.2) is 0 Å². The molecule has 178 valence electrons.